The summed E-state index contributed by atoms with van der Waals surface area (Å²) in [6, 6.07) is 5.38. The Balaban J connectivity index is 2.29. The molecule has 6 heteroatoms. The van der Waals surface area contributed by atoms with Gasteiger partial charge < -0.3 is 10.2 Å². The van der Waals surface area contributed by atoms with Crippen molar-refractivity contribution in [2.24, 2.45) is 0 Å². The Bertz CT molecular complexity index is 468. The third-order valence-electron chi connectivity index (χ3n) is 2.60. The van der Waals surface area contributed by atoms with Crippen LogP contribution in [0.25, 0.3) is 0 Å². The molecule has 0 saturated carbocycles. The number of β-amino-alcohol motifs (C(OH)–C–C–N with tert-alkyl or cyclic N) is 1. The van der Waals surface area contributed by atoms with Crippen LogP contribution in [0.3, 0.4) is 0 Å². The van der Waals surface area contributed by atoms with Gasteiger partial charge in [-0.1, -0.05) is 0 Å². The van der Waals surface area contributed by atoms with E-state index in [9.17, 15) is 13.5 Å². The summed E-state index contributed by atoms with van der Waals surface area (Å²) in [5.74, 6) is 0.0282. The molecule has 1 aliphatic rings. The highest BCUT2D eigenvalue weighted by atomic mass is 32.2. The van der Waals surface area contributed by atoms with Crippen LogP contribution in [0.5, 0.6) is 5.75 Å². The second-order valence-electron chi connectivity index (χ2n) is 3.80. The third-order valence-corrected chi connectivity index (χ3v) is 4.48. The number of hydrogen-bond donors (Lipinski definition) is 2. The predicted molar refractivity (Wildman–Crippen MR) is 57.5 cm³/mol. The first-order valence-corrected chi connectivity index (χ1v) is 6.41. The maximum absolute atomic E-state index is 12.0. The van der Waals surface area contributed by atoms with Crippen molar-refractivity contribution in [1.29, 1.82) is 0 Å². The van der Waals surface area contributed by atoms with Gasteiger partial charge in [0.05, 0.1) is 11.0 Å². The van der Waals surface area contributed by atoms with Crippen LogP contribution in [0.15, 0.2) is 29.2 Å². The number of aliphatic hydroxyl groups is 1. The molecule has 88 valence electrons. The van der Waals surface area contributed by atoms with Crippen molar-refractivity contribution in [2.45, 2.75) is 17.4 Å². The molecule has 1 unspecified atom stereocenters. The van der Waals surface area contributed by atoms with Gasteiger partial charge in [-0.05, 0) is 30.7 Å². The number of benzene rings is 1. The van der Waals surface area contributed by atoms with Gasteiger partial charge in [0.2, 0.25) is 10.0 Å². The van der Waals surface area contributed by atoms with E-state index in [0.717, 1.165) is 0 Å². The van der Waals surface area contributed by atoms with E-state index in [0.29, 0.717) is 13.0 Å². The van der Waals surface area contributed by atoms with Gasteiger partial charge in [-0.2, -0.15) is 4.31 Å². The van der Waals surface area contributed by atoms with E-state index >= 15 is 0 Å². The van der Waals surface area contributed by atoms with Gasteiger partial charge in [0.1, 0.15) is 5.75 Å². The number of phenolic OH excluding ortho intramolecular Hbond substituents is 1. The van der Waals surface area contributed by atoms with Crippen molar-refractivity contribution < 1.29 is 18.6 Å². The number of rotatable bonds is 2. The monoisotopic (exact) mass is 243 g/mol. The largest absolute Gasteiger partial charge is 0.508 e. The highest BCUT2D eigenvalue weighted by Gasteiger charge is 2.31. The van der Waals surface area contributed by atoms with E-state index in [4.69, 9.17) is 5.11 Å². The Morgan fingerprint density at radius 3 is 2.38 bits per heavy atom. The number of sulfonamides is 1. The summed E-state index contributed by atoms with van der Waals surface area (Å²) in [6.45, 7) is 0.480. The topological polar surface area (TPSA) is 77.8 Å². The molecular formula is C10H13NO4S. The third kappa shape index (κ3) is 2.04. The first-order chi connectivity index (χ1) is 7.50. The molecule has 1 heterocycles. The van der Waals surface area contributed by atoms with E-state index < -0.39 is 16.1 Å². The Morgan fingerprint density at radius 1 is 1.25 bits per heavy atom. The molecule has 0 aliphatic carbocycles. The fourth-order valence-corrected chi connectivity index (χ4v) is 3.19. The maximum atomic E-state index is 12.0. The fourth-order valence-electron chi connectivity index (χ4n) is 1.70. The second kappa shape index (κ2) is 4.04. The molecule has 0 amide bonds. The SMILES string of the molecule is O=S(=O)(c1ccc(O)cc1)N1CCC(O)C1. The molecule has 0 bridgehead atoms. The van der Waals surface area contributed by atoms with E-state index in [1.54, 1.807) is 0 Å². The van der Waals surface area contributed by atoms with Crippen molar-refractivity contribution >= 4 is 10.0 Å². The summed E-state index contributed by atoms with van der Waals surface area (Å²) >= 11 is 0. The molecule has 2 N–H and O–H groups in total. The van der Waals surface area contributed by atoms with Gasteiger partial charge in [-0.3, -0.25) is 0 Å². The Kier molecular flexibility index (Phi) is 2.88. The Morgan fingerprint density at radius 2 is 1.88 bits per heavy atom. The first-order valence-electron chi connectivity index (χ1n) is 4.97. The quantitative estimate of drug-likeness (QED) is 0.775. The van der Waals surface area contributed by atoms with Gasteiger partial charge in [0, 0.05) is 13.1 Å². The molecule has 5 nitrogen and oxygen atoms in total. The van der Waals surface area contributed by atoms with Crippen molar-refractivity contribution in [3.8, 4) is 5.75 Å². The average molecular weight is 243 g/mol. The highest BCUT2D eigenvalue weighted by Crippen LogP contribution is 2.22. The summed E-state index contributed by atoms with van der Waals surface area (Å²) < 4.78 is 25.3. The minimum atomic E-state index is -3.53. The fraction of sp³-hybridized carbons (Fsp3) is 0.400. The lowest BCUT2D eigenvalue weighted by Gasteiger charge is -2.15. The van der Waals surface area contributed by atoms with Gasteiger partial charge in [0.15, 0.2) is 0 Å². The molecule has 0 aromatic heterocycles. The molecule has 1 fully saturated rings. The van der Waals surface area contributed by atoms with Gasteiger partial charge in [0.25, 0.3) is 0 Å². The molecule has 0 spiro atoms. The smallest absolute Gasteiger partial charge is 0.243 e. The molecule has 1 aromatic rings. The summed E-state index contributed by atoms with van der Waals surface area (Å²) in [5.41, 5.74) is 0. The average Bonchev–Trinajstić information content (AvgIpc) is 2.66. The molecule has 1 atom stereocenters. The Labute approximate surface area is 94.0 Å². The van der Waals surface area contributed by atoms with E-state index in [2.05, 4.69) is 0 Å². The summed E-state index contributed by atoms with van der Waals surface area (Å²) in [5, 5.41) is 18.4. The van der Waals surface area contributed by atoms with Crippen molar-refractivity contribution in [3.63, 3.8) is 0 Å². The maximum Gasteiger partial charge on any atom is 0.243 e. The minimum Gasteiger partial charge on any atom is -0.508 e. The molecule has 1 aliphatic heterocycles. The zero-order chi connectivity index (χ0) is 11.8. The highest BCUT2D eigenvalue weighted by molar-refractivity contribution is 7.89. The number of hydrogen-bond acceptors (Lipinski definition) is 4. The van der Waals surface area contributed by atoms with Crippen LogP contribution in [-0.4, -0.2) is 42.1 Å². The lowest BCUT2D eigenvalue weighted by molar-refractivity contribution is 0.189. The van der Waals surface area contributed by atoms with Gasteiger partial charge in [-0.15, -0.1) is 0 Å². The predicted octanol–water partition coefficient (Wildman–Crippen LogP) is 0.148. The zero-order valence-corrected chi connectivity index (χ0v) is 9.39. The lowest BCUT2D eigenvalue weighted by Crippen LogP contribution is -2.29. The standard InChI is InChI=1S/C10H13NO4S/c12-8-1-3-10(4-2-8)16(14,15)11-6-5-9(13)7-11/h1-4,9,12-13H,5-7H2. The van der Waals surface area contributed by atoms with Crippen LogP contribution < -0.4 is 0 Å². The van der Waals surface area contributed by atoms with E-state index in [1.165, 1.54) is 28.6 Å². The van der Waals surface area contributed by atoms with E-state index in [-0.39, 0.29) is 17.2 Å². The van der Waals surface area contributed by atoms with Crippen LogP contribution >= 0.6 is 0 Å². The number of phenols is 1. The van der Waals surface area contributed by atoms with Crippen LogP contribution in [0.1, 0.15) is 6.42 Å². The van der Waals surface area contributed by atoms with Crippen LogP contribution in [-0.2, 0) is 10.0 Å². The molecular weight excluding hydrogens is 230 g/mol. The van der Waals surface area contributed by atoms with Crippen molar-refractivity contribution in [3.05, 3.63) is 24.3 Å². The molecule has 0 radical (unpaired) electrons. The number of aliphatic hydroxyl groups excluding tert-OH is 1. The van der Waals surface area contributed by atoms with Crippen LogP contribution in [0.4, 0.5) is 0 Å². The number of nitrogens with zero attached hydrogens (tertiary/aromatic N) is 1. The summed E-state index contributed by atoms with van der Waals surface area (Å²) in [4.78, 5) is 0.138. The molecule has 1 aromatic carbocycles. The van der Waals surface area contributed by atoms with Gasteiger partial charge >= 0.3 is 0 Å². The van der Waals surface area contributed by atoms with Crippen molar-refractivity contribution in [2.75, 3.05) is 13.1 Å². The second-order valence-corrected chi connectivity index (χ2v) is 5.74. The van der Waals surface area contributed by atoms with E-state index in [1.807, 2.05) is 0 Å². The van der Waals surface area contributed by atoms with Crippen molar-refractivity contribution in [1.82, 2.24) is 4.31 Å². The summed E-state index contributed by atoms with van der Waals surface area (Å²) in [6.07, 6.45) is -0.107. The Hall–Kier alpha value is -1.11. The molecule has 1 saturated heterocycles. The van der Waals surface area contributed by atoms with Crippen LogP contribution in [0, 0.1) is 0 Å². The molecule has 16 heavy (non-hydrogen) atoms. The zero-order valence-electron chi connectivity index (χ0n) is 8.57. The van der Waals surface area contributed by atoms with Gasteiger partial charge in [-0.25, -0.2) is 8.42 Å². The summed E-state index contributed by atoms with van der Waals surface area (Å²) in [7, 11) is -3.53. The number of aromatic hydroxyl groups is 1. The minimum absolute atomic E-state index is 0.0282. The molecule has 2 rings (SSSR count). The van der Waals surface area contributed by atoms with Crippen LogP contribution in [0.2, 0.25) is 0 Å². The first kappa shape index (κ1) is 11.4. The lowest BCUT2D eigenvalue weighted by atomic mass is 10.3. The normalized spacial score (nSPS) is 22.4.